The summed E-state index contributed by atoms with van der Waals surface area (Å²) >= 11 is 0. The molecule has 0 spiro atoms. The van der Waals surface area contributed by atoms with Crippen molar-refractivity contribution in [1.82, 2.24) is 0 Å². The molecule has 0 saturated heterocycles. The number of nitrogens with one attached hydrogen (secondary N) is 1. The maximum absolute atomic E-state index is 9.80. The van der Waals surface area contributed by atoms with E-state index >= 15 is 0 Å². The summed E-state index contributed by atoms with van der Waals surface area (Å²) in [6, 6.07) is 0. The van der Waals surface area contributed by atoms with Crippen LogP contribution in [0.25, 0.3) is 0 Å². The second-order valence-corrected chi connectivity index (χ2v) is 2.26. The van der Waals surface area contributed by atoms with Crippen molar-refractivity contribution in [3.63, 3.8) is 0 Å². The minimum absolute atomic E-state index is 0.391. The van der Waals surface area contributed by atoms with Crippen LogP contribution in [0.15, 0.2) is 0 Å². The van der Waals surface area contributed by atoms with Gasteiger partial charge in [0.15, 0.2) is 0 Å². The number of unbranched alkanes of at least 4 members (excludes halogenated alkanes) is 1. The van der Waals surface area contributed by atoms with E-state index in [1.165, 1.54) is 0 Å². The molecule has 0 aromatic rings. The summed E-state index contributed by atoms with van der Waals surface area (Å²) in [7, 11) is -2.36. The summed E-state index contributed by atoms with van der Waals surface area (Å²) in [5, 5.41) is 5.40. The first-order chi connectivity index (χ1) is 5.18. The van der Waals surface area contributed by atoms with E-state index in [2.05, 4.69) is 4.52 Å². The van der Waals surface area contributed by atoms with Crippen molar-refractivity contribution in [3.05, 3.63) is 0 Å². The summed E-state index contributed by atoms with van der Waals surface area (Å²) in [5.74, 6) is 0. The number of carbonyl (C=O) groups excluding carboxylic acids is 1. The maximum atomic E-state index is 9.80. The van der Waals surface area contributed by atoms with Crippen molar-refractivity contribution in [2.75, 3.05) is 6.61 Å². The number of rotatable bonds is 4. The summed E-state index contributed by atoms with van der Waals surface area (Å²) in [5.41, 5.74) is 0. The van der Waals surface area contributed by atoms with Gasteiger partial charge in [0, 0.05) is 4.57 Å². The van der Waals surface area contributed by atoms with Gasteiger partial charge in [-0.15, -0.1) is 9.42 Å². The molecular formula is C5H11NO4P+. The molecule has 0 amide bonds. The van der Waals surface area contributed by atoms with Crippen LogP contribution in [0.2, 0.25) is 0 Å². The molecule has 0 rings (SSSR count). The largest absolute Gasteiger partial charge is 0.694 e. The van der Waals surface area contributed by atoms with Crippen LogP contribution in [0.4, 0.5) is 0 Å². The Bertz CT molecular complexity index is 132. The highest BCUT2D eigenvalue weighted by Gasteiger charge is 2.08. The Labute approximate surface area is 65.8 Å². The van der Waals surface area contributed by atoms with Gasteiger partial charge in [-0.05, 0) is 6.42 Å². The Morgan fingerprint density at radius 2 is 2.18 bits per heavy atom. The number of hydrogen-bond acceptors (Lipinski definition) is 4. The minimum atomic E-state index is -2.36. The zero-order valence-corrected chi connectivity index (χ0v) is 7.13. The molecule has 5 nitrogen and oxygen atoms in total. The highest BCUT2D eigenvalue weighted by molar-refractivity contribution is 7.32. The number of isocyanates is 1. The van der Waals surface area contributed by atoms with E-state index in [0.29, 0.717) is 6.61 Å². The molecule has 0 bridgehead atoms. The maximum Gasteiger partial charge on any atom is 0.694 e. The molecule has 0 radical (unpaired) electrons. The highest BCUT2D eigenvalue weighted by Crippen LogP contribution is 2.14. The van der Waals surface area contributed by atoms with Crippen molar-refractivity contribution < 1.29 is 18.8 Å². The van der Waals surface area contributed by atoms with Gasteiger partial charge in [0.25, 0.3) is 0 Å². The lowest BCUT2D eigenvalue weighted by Gasteiger charge is -1.83. The first kappa shape index (κ1) is 13.0. The highest BCUT2D eigenvalue weighted by atomic mass is 31.1. The molecule has 0 fully saturated rings. The zero-order chi connectivity index (χ0) is 9.11. The molecule has 0 aliphatic heterocycles. The second kappa shape index (κ2) is 12.1. The third-order valence-electron chi connectivity index (χ3n) is 0.700. The van der Waals surface area contributed by atoms with Gasteiger partial charge in [-0.1, -0.05) is 13.3 Å². The van der Waals surface area contributed by atoms with E-state index in [1.807, 2.05) is 6.92 Å². The predicted molar refractivity (Wildman–Crippen MR) is 39.1 cm³/mol. The number of hydrogen-bond donors (Lipinski definition) is 2. The van der Waals surface area contributed by atoms with Crippen molar-refractivity contribution in [1.29, 1.82) is 5.41 Å². The van der Waals surface area contributed by atoms with Crippen molar-refractivity contribution in [3.8, 4) is 0 Å². The van der Waals surface area contributed by atoms with Gasteiger partial charge in [0.1, 0.15) is 6.61 Å². The van der Waals surface area contributed by atoms with Gasteiger partial charge < -0.3 is 0 Å². The lowest BCUT2D eigenvalue weighted by atomic mass is 10.4. The first-order valence-corrected chi connectivity index (χ1v) is 4.15. The second-order valence-electron chi connectivity index (χ2n) is 1.53. The summed E-state index contributed by atoms with van der Waals surface area (Å²) in [4.78, 5) is 16.4. The Hall–Kier alpha value is -0.600. The van der Waals surface area contributed by atoms with Gasteiger partial charge in [-0.2, -0.15) is 0 Å². The fraction of sp³-hybridized carbons (Fsp3) is 0.800. The summed E-state index contributed by atoms with van der Waals surface area (Å²) in [6.07, 6.45) is 2.59. The van der Waals surface area contributed by atoms with Crippen LogP contribution >= 0.6 is 8.25 Å². The van der Waals surface area contributed by atoms with Gasteiger partial charge in [0.2, 0.25) is 6.08 Å². The SMILES string of the molecule is CCCCO[P+](=O)O.N=C=O. The zero-order valence-electron chi connectivity index (χ0n) is 6.24. The lowest BCUT2D eigenvalue weighted by molar-refractivity contribution is 0.276. The molecule has 0 aromatic heterocycles. The van der Waals surface area contributed by atoms with Crippen molar-refractivity contribution in [2.24, 2.45) is 0 Å². The molecule has 64 valence electrons. The Kier molecular flexibility index (Phi) is 14.3. The average molecular weight is 180 g/mol. The smallest absolute Gasteiger partial charge is 0.222 e. The summed E-state index contributed by atoms with van der Waals surface area (Å²) < 4.78 is 14.1. The van der Waals surface area contributed by atoms with E-state index in [-0.39, 0.29) is 0 Å². The topological polar surface area (TPSA) is 87.4 Å². The molecule has 0 aromatic carbocycles. The van der Waals surface area contributed by atoms with Crippen LogP contribution in [0.3, 0.4) is 0 Å². The van der Waals surface area contributed by atoms with Gasteiger partial charge in [-0.3, -0.25) is 0 Å². The average Bonchev–Trinajstić information content (AvgIpc) is 1.89. The van der Waals surface area contributed by atoms with Crippen LogP contribution in [0.5, 0.6) is 0 Å². The normalized spacial score (nSPS) is 9.09. The Balaban J connectivity index is 0. The van der Waals surface area contributed by atoms with Crippen LogP contribution in [-0.4, -0.2) is 17.6 Å². The quantitative estimate of drug-likeness (QED) is 0.296. The molecule has 1 atom stereocenters. The minimum Gasteiger partial charge on any atom is -0.222 e. The monoisotopic (exact) mass is 180 g/mol. The van der Waals surface area contributed by atoms with Gasteiger partial charge >= 0.3 is 8.25 Å². The Morgan fingerprint density at radius 1 is 1.73 bits per heavy atom. The van der Waals surface area contributed by atoms with E-state index < -0.39 is 8.25 Å². The van der Waals surface area contributed by atoms with Crippen molar-refractivity contribution in [2.45, 2.75) is 19.8 Å². The van der Waals surface area contributed by atoms with Crippen molar-refractivity contribution >= 4 is 14.3 Å². The van der Waals surface area contributed by atoms with Gasteiger partial charge in [-0.25, -0.2) is 10.2 Å². The standard InChI is InChI=1S/C4H9O3P.CHNO/c1-2-3-4-7-8(5)6;2-1-3/h2-4H2,1H3;2H/p+1. The molecule has 11 heavy (non-hydrogen) atoms. The van der Waals surface area contributed by atoms with Gasteiger partial charge in [0.05, 0.1) is 0 Å². The van der Waals surface area contributed by atoms with E-state index in [9.17, 15) is 4.57 Å². The Morgan fingerprint density at radius 3 is 2.45 bits per heavy atom. The van der Waals surface area contributed by atoms with E-state index in [4.69, 9.17) is 15.1 Å². The molecular weight excluding hydrogens is 169 g/mol. The molecule has 1 unspecified atom stereocenters. The van der Waals surface area contributed by atoms with Crippen LogP contribution in [0, 0.1) is 5.41 Å². The summed E-state index contributed by atoms with van der Waals surface area (Å²) in [6.45, 7) is 2.38. The molecule has 6 heteroatoms. The van der Waals surface area contributed by atoms with E-state index in [1.54, 1.807) is 0 Å². The van der Waals surface area contributed by atoms with E-state index in [0.717, 1.165) is 18.9 Å². The molecule has 0 aliphatic rings. The van der Waals surface area contributed by atoms with Crippen LogP contribution < -0.4 is 0 Å². The van der Waals surface area contributed by atoms with Crippen LogP contribution in [0.1, 0.15) is 19.8 Å². The fourth-order valence-electron chi connectivity index (χ4n) is 0.287. The lowest BCUT2D eigenvalue weighted by Crippen LogP contribution is -1.82. The third-order valence-corrected chi connectivity index (χ3v) is 1.10. The molecule has 2 N–H and O–H groups in total. The molecule has 0 saturated carbocycles. The fourth-order valence-corrected chi connectivity index (χ4v) is 0.572. The van der Waals surface area contributed by atoms with Crippen LogP contribution in [-0.2, 0) is 13.9 Å². The molecule has 0 heterocycles. The molecule has 0 aliphatic carbocycles. The first-order valence-electron chi connectivity index (χ1n) is 3.02. The third kappa shape index (κ3) is 26.6. The predicted octanol–water partition coefficient (Wildman–Crippen LogP) is 1.35.